The van der Waals surface area contributed by atoms with Gasteiger partial charge in [0.15, 0.2) is 12.3 Å². The number of Topliss-reactive ketones (excluding diaryl/α,β-unsaturated/α-hetero) is 1. The third kappa shape index (κ3) is 2.68. The van der Waals surface area contributed by atoms with E-state index < -0.39 is 0 Å². The topological polar surface area (TPSA) is 29.4 Å². The largest absolute Gasteiger partial charge is 0.293 e. The zero-order chi connectivity index (χ0) is 16.6. The van der Waals surface area contributed by atoms with Gasteiger partial charge in [0.05, 0.1) is 12.6 Å². The minimum atomic E-state index is 0.308. The van der Waals surface area contributed by atoms with Gasteiger partial charge in [0.1, 0.15) is 0 Å². The van der Waals surface area contributed by atoms with Gasteiger partial charge < -0.3 is 0 Å². The summed E-state index contributed by atoms with van der Waals surface area (Å²) in [5.74, 6) is 1.43. The molecule has 0 saturated carbocycles. The number of amidine groups is 1. The van der Waals surface area contributed by atoms with Crippen LogP contribution in [0.25, 0.3) is 0 Å². The number of ketones is 1. The maximum Gasteiger partial charge on any atom is 0.293 e. The molecule has 24 heavy (non-hydrogen) atoms. The molecular formula is C20H23N3O+2. The number of carbonyl (C=O) groups excluding carboxylic acids is 1. The van der Waals surface area contributed by atoms with Crippen LogP contribution in [-0.2, 0) is 11.2 Å². The summed E-state index contributed by atoms with van der Waals surface area (Å²) in [6.07, 6.45) is 1.42. The van der Waals surface area contributed by atoms with Crippen molar-refractivity contribution >= 4 is 11.6 Å². The van der Waals surface area contributed by atoms with E-state index >= 15 is 0 Å². The molecule has 1 fully saturated rings. The Hall–Kier alpha value is -2.30. The van der Waals surface area contributed by atoms with E-state index in [1.165, 1.54) is 11.1 Å². The highest BCUT2D eigenvalue weighted by molar-refractivity contribution is 5.94. The number of nitrogens with zero attached hydrogens (tertiary/aromatic N) is 3. The molecule has 122 valence electrons. The van der Waals surface area contributed by atoms with Crippen LogP contribution >= 0.6 is 0 Å². The van der Waals surface area contributed by atoms with E-state index in [4.69, 9.17) is 5.10 Å². The lowest BCUT2D eigenvalue weighted by molar-refractivity contribution is -1.20. The van der Waals surface area contributed by atoms with Gasteiger partial charge in [0.2, 0.25) is 13.3 Å². The minimum absolute atomic E-state index is 0.308. The fourth-order valence-electron chi connectivity index (χ4n) is 4.05. The summed E-state index contributed by atoms with van der Waals surface area (Å²) in [6.45, 7) is 2.33. The lowest BCUT2D eigenvalue weighted by Crippen LogP contribution is -2.71. The van der Waals surface area contributed by atoms with Gasteiger partial charge in [-0.3, -0.25) is 4.79 Å². The lowest BCUT2D eigenvalue weighted by Gasteiger charge is -2.42. The Kier molecular flexibility index (Phi) is 3.59. The first-order chi connectivity index (χ1) is 11.6. The van der Waals surface area contributed by atoms with E-state index in [1.54, 1.807) is 0 Å². The molecule has 2 bridgehead atoms. The molecule has 3 heterocycles. The molecule has 0 N–H and O–H groups in total. The number of rotatable bonds is 6. The number of aryl methyl sites for hydroxylation is 1. The van der Waals surface area contributed by atoms with E-state index in [1.807, 2.05) is 36.4 Å². The minimum Gasteiger partial charge on any atom is -0.293 e. The molecule has 2 aromatic rings. The molecule has 0 spiro atoms. The average molecular weight is 321 g/mol. The molecular weight excluding hydrogens is 298 g/mol. The van der Waals surface area contributed by atoms with E-state index in [0.717, 1.165) is 30.1 Å². The van der Waals surface area contributed by atoms with Crippen LogP contribution in [0.2, 0.25) is 0 Å². The third-order valence-electron chi connectivity index (χ3n) is 5.01. The monoisotopic (exact) mass is 321 g/mol. The molecule has 4 heteroatoms. The molecule has 4 nitrogen and oxygen atoms in total. The van der Waals surface area contributed by atoms with Crippen LogP contribution in [-0.4, -0.2) is 47.6 Å². The average Bonchev–Trinajstić information content (AvgIpc) is 3.02. The zero-order valence-corrected chi connectivity index (χ0v) is 14.1. The smallest absolute Gasteiger partial charge is 0.293 e. The van der Waals surface area contributed by atoms with E-state index in [-0.39, 0.29) is 0 Å². The van der Waals surface area contributed by atoms with Crippen LogP contribution in [0.5, 0.6) is 0 Å². The quantitative estimate of drug-likeness (QED) is 0.752. The standard InChI is InChI=1S/C20H23N3O/c1-22-15-23(16-22,21-20(22)18-10-6-3-7-11-18)14-19(24)13-12-17-8-4-2-5-9-17/h2-11H,12-16H2,1H3/q+2. The van der Waals surface area contributed by atoms with Crippen molar-refractivity contribution in [2.75, 3.05) is 26.9 Å². The Balaban J connectivity index is 1.42. The highest BCUT2D eigenvalue weighted by Crippen LogP contribution is 2.38. The van der Waals surface area contributed by atoms with Crippen LogP contribution in [0, 0.1) is 0 Å². The summed E-state index contributed by atoms with van der Waals surface area (Å²) in [5.41, 5.74) is 2.40. The first-order valence-electron chi connectivity index (χ1n) is 8.51. The second-order valence-corrected chi connectivity index (χ2v) is 7.25. The Morgan fingerprint density at radius 3 is 2.29 bits per heavy atom. The molecule has 0 radical (unpaired) electrons. The highest BCUT2D eigenvalue weighted by Gasteiger charge is 2.66. The van der Waals surface area contributed by atoms with E-state index in [0.29, 0.717) is 23.3 Å². The van der Waals surface area contributed by atoms with Crippen LogP contribution in [0.1, 0.15) is 17.5 Å². The summed E-state index contributed by atoms with van der Waals surface area (Å²) in [7, 11) is 2.21. The summed E-state index contributed by atoms with van der Waals surface area (Å²) < 4.78 is 1.42. The Labute approximate surface area is 142 Å². The Morgan fingerprint density at radius 2 is 1.62 bits per heavy atom. The van der Waals surface area contributed by atoms with Crippen molar-refractivity contribution in [3.8, 4) is 0 Å². The molecule has 0 unspecified atom stereocenters. The van der Waals surface area contributed by atoms with Crippen LogP contribution in [0.3, 0.4) is 0 Å². The highest BCUT2D eigenvalue weighted by atomic mass is 16.1. The number of benzene rings is 2. The summed E-state index contributed by atoms with van der Waals surface area (Å²) in [4.78, 5) is 12.5. The first-order valence-corrected chi connectivity index (χ1v) is 8.51. The second-order valence-electron chi connectivity index (χ2n) is 7.25. The lowest BCUT2D eigenvalue weighted by atomic mass is 10.1. The Bertz CT molecular complexity index is 777. The van der Waals surface area contributed by atoms with Crippen LogP contribution in [0.15, 0.2) is 65.8 Å². The van der Waals surface area contributed by atoms with Crippen molar-refractivity contribution in [2.45, 2.75) is 12.8 Å². The van der Waals surface area contributed by atoms with E-state index in [9.17, 15) is 4.79 Å². The molecule has 0 aromatic heterocycles. The first kappa shape index (κ1) is 15.2. The van der Waals surface area contributed by atoms with Crippen molar-refractivity contribution in [1.29, 1.82) is 0 Å². The van der Waals surface area contributed by atoms with Gasteiger partial charge in [-0.2, -0.15) is 4.48 Å². The van der Waals surface area contributed by atoms with Gasteiger partial charge in [-0.15, -0.1) is 0 Å². The molecule has 0 atom stereocenters. The zero-order valence-electron chi connectivity index (χ0n) is 14.1. The molecule has 3 aliphatic rings. The van der Waals surface area contributed by atoms with Gasteiger partial charge in [-0.05, 0) is 29.2 Å². The van der Waals surface area contributed by atoms with E-state index in [2.05, 4.69) is 31.3 Å². The van der Waals surface area contributed by atoms with Gasteiger partial charge in [0, 0.05) is 6.42 Å². The third-order valence-corrected chi connectivity index (χ3v) is 5.01. The second kappa shape index (κ2) is 5.65. The maximum absolute atomic E-state index is 12.5. The normalized spacial score (nSPS) is 27.5. The molecule has 3 aliphatic heterocycles. The van der Waals surface area contributed by atoms with Crippen molar-refractivity contribution in [3.05, 3.63) is 71.8 Å². The SMILES string of the molecule is C[N+]12C[N+](CC(=O)CCc3ccccc3)(C1)N=C2c1ccccc1. The number of hydrogen-bond donors (Lipinski definition) is 0. The van der Waals surface area contributed by atoms with Crippen molar-refractivity contribution < 1.29 is 13.9 Å². The molecule has 1 saturated heterocycles. The van der Waals surface area contributed by atoms with Crippen molar-refractivity contribution in [3.63, 3.8) is 0 Å². The molecule has 0 aliphatic carbocycles. The fourth-order valence-corrected chi connectivity index (χ4v) is 4.05. The predicted molar refractivity (Wildman–Crippen MR) is 93.8 cm³/mol. The number of carbonyl (C=O) groups is 1. The maximum atomic E-state index is 12.5. The van der Waals surface area contributed by atoms with Gasteiger partial charge >= 0.3 is 0 Å². The van der Waals surface area contributed by atoms with Crippen molar-refractivity contribution in [1.82, 2.24) is 0 Å². The number of hydrogen-bond acceptors (Lipinski definition) is 2. The van der Waals surface area contributed by atoms with Crippen LogP contribution in [0.4, 0.5) is 0 Å². The summed E-state index contributed by atoms with van der Waals surface area (Å²) in [5, 5.41) is 4.94. The van der Waals surface area contributed by atoms with Gasteiger partial charge in [-0.25, -0.2) is 0 Å². The van der Waals surface area contributed by atoms with Gasteiger partial charge in [-0.1, -0.05) is 53.1 Å². The molecule has 2 aromatic carbocycles. The summed E-state index contributed by atoms with van der Waals surface area (Å²) in [6, 6.07) is 20.6. The molecule has 0 amide bonds. The molecule has 5 rings (SSSR count). The van der Waals surface area contributed by atoms with Crippen molar-refractivity contribution in [2.24, 2.45) is 5.10 Å². The fraction of sp³-hybridized carbons (Fsp3) is 0.300. The Morgan fingerprint density at radius 1 is 1.00 bits per heavy atom. The number of quaternary nitrogens is 2. The van der Waals surface area contributed by atoms with Gasteiger partial charge in [0.25, 0.3) is 5.84 Å². The summed E-state index contributed by atoms with van der Waals surface area (Å²) >= 11 is 0. The predicted octanol–water partition coefficient (Wildman–Crippen LogP) is 2.76. The van der Waals surface area contributed by atoms with Crippen LogP contribution < -0.4 is 0 Å².